The number of H-pyrrole nitrogens is 1. The molecule has 5 rings (SSSR count). The summed E-state index contributed by atoms with van der Waals surface area (Å²) in [5, 5.41) is 21.8. The van der Waals surface area contributed by atoms with Gasteiger partial charge in [-0.25, -0.2) is 8.78 Å². The van der Waals surface area contributed by atoms with Crippen LogP contribution in [0.1, 0.15) is 6.42 Å². The summed E-state index contributed by atoms with van der Waals surface area (Å²) in [5.41, 5.74) is 1.49. The highest BCUT2D eigenvalue weighted by molar-refractivity contribution is 6.33. The van der Waals surface area contributed by atoms with Gasteiger partial charge in [0.25, 0.3) is 0 Å². The van der Waals surface area contributed by atoms with Gasteiger partial charge in [0.1, 0.15) is 11.6 Å². The third kappa shape index (κ3) is 4.32. The first-order valence-corrected chi connectivity index (χ1v) is 10.5. The minimum atomic E-state index is -0.896. The molecule has 1 saturated heterocycles. The number of ether oxygens (including phenoxy) is 2. The molecule has 170 valence electrons. The van der Waals surface area contributed by atoms with Gasteiger partial charge >= 0.3 is 6.01 Å². The van der Waals surface area contributed by atoms with Crippen molar-refractivity contribution in [3.05, 3.63) is 59.1 Å². The smallest absolute Gasteiger partial charge is 0.326 e. The van der Waals surface area contributed by atoms with Crippen molar-refractivity contribution in [3.8, 4) is 23.0 Å². The highest BCUT2D eigenvalue weighted by Gasteiger charge is 2.27. The Morgan fingerprint density at radius 1 is 1.18 bits per heavy atom. The molecule has 33 heavy (non-hydrogen) atoms. The lowest BCUT2D eigenvalue weighted by Gasteiger charge is -2.29. The molecule has 0 bridgehead atoms. The zero-order chi connectivity index (χ0) is 22.9. The maximum absolute atomic E-state index is 14.1. The van der Waals surface area contributed by atoms with E-state index in [1.165, 1.54) is 0 Å². The van der Waals surface area contributed by atoms with Gasteiger partial charge in [-0.3, -0.25) is 5.10 Å². The van der Waals surface area contributed by atoms with Crippen LogP contribution in [0.3, 0.4) is 0 Å². The van der Waals surface area contributed by atoms with E-state index >= 15 is 0 Å². The number of hydrogen-bond donors (Lipinski definition) is 3. The molecular formula is C22H18ClF2N5O3. The van der Waals surface area contributed by atoms with Crippen LogP contribution in [0.5, 0.6) is 11.8 Å². The van der Waals surface area contributed by atoms with Crippen LogP contribution in [0.4, 0.5) is 14.6 Å². The number of fused-ring (bicyclic) bond motifs is 1. The molecule has 4 aromatic rings. The van der Waals surface area contributed by atoms with Crippen LogP contribution in [0.25, 0.3) is 22.3 Å². The number of anilines is 1. The molecule has 0 saturated carbocycles. The van der Waals surface area contributed by atoms with E-state index < -0.39 is 17.7 Å². The molecule has 0 unspecified atom stereocenters. The number of aromatic amines is 1. The Hall–Kier alpha value is -3.34. The standard InChI is InChI=1S/C22H18ClF2N5O3/c23-13-4-2-1-3-12(13)19-18-20(26-15-7-8-32-10-16(15)31)27-22(28-21(18)30-29-19)33-17-6-5-11(24)9-14(17)25/h1-6,9,15-16,31H,7-8,10H2,(H2,26,27,28,29,30)/t15-,16-/m1/s1. The number of aromatic nitrogens is 4. The Kier molecular flexibility index (Phi) is 5.79. The van der Waals surface area contributed by atoms with Gasteiger partial charge in [-0.05, 0) is 24.6 Å². The first-order chi connectivity index (χ1) is 16.0. The van der Waals surface area contributed by atoms with Gasteiger partial charge in [-0.15, -0.1) is 0 Å². The first kappa shape index (κ1) is 21.5. The Bertz CT molecular complexity index is 1320. The van der Waals surface area contributed by atoms with Crippen LogP contribution in [-0.4, -0.2) is 50.6 Å². The maximum atomic E-state index is 14.1. The van der Waals surface area contributed by atoms with E-state index in [4.69, 9.17) is 21.1 Å². The van der Waals surface area contributed by atoms with Crippen molar-refractivity contribution in [2.24, 2.45) is 0 Å². The number of aliphatic hydroxyl groups excluding tert-OH is 1. The molecular weight excluding hydrogens is 456 g/mol. The number of nitrogens with zero attached hydrogens (tertiary/aromatic N) is 3. The van der Waals surface area contributed by atoms with Gasteiger partial charge < -0.3 is 19.9 Å². The van der Waals surface area contributed by atoms with Crippen molar-refractivity contribution in [1.82, 2.24) is 20.2 Å². The van der Waals surface area contributed by atoms with Crippen LogP contribution in [-0.2, 0) is 4.74 Å². The molecule has 0 aliphatic carbocycles. The summed E-state index contributed by atoms with van der Waals surface area (Å²) in [6.07, 6.45) is -0.229. The second kappa shape index (κ2) is 8.89. The van der Waals surface area contributed by atoms with Gasteiger partial charge in [0.15, 0.2) is 17.2 Å². The fourth-order valence-corrected chi connectivity index (χ4v) is 3.87. The zero-order valence-electron chi connectivity index (χ0n) is 17.1. The third-order valence-electron chi connectivity index (χ3n) is 5.28. The van der Waals surface area contributed by atoms with E-state index in [0.29, 0.717) is 46.6 Å². The molecule has 0 radical (unpaired) electrons. The topological polar surface area (TPSA) is 105 Å². The van der Waals surface area contributed by atoms with Gasteiger partial charge in [0, 0.05) is 23.3 Å². The van der Waals surface area contributed by atoms with Crippen LogP contribution in [0.2, 0.25) is 5.02 Å². The molecule has 2 aromatic heterocycles. The Morgan fingerprint density at radius 3 is 2.82 bits per heavy atom. The van der Waals surface area contributed by atoms with E-state index in [-0.39, 0.29) is 30.1 Å². The highest BCUT2D eigenvalue weighted by atomic mass is 35.5. The summed E-state index contributed by atoms with van der Waals surface area (Å²) in [7, 11) is 0. The van der Waals surface area contributed by atoms with Gasteiger partial charge in [-0.2, -0.15) is 15.1 Å². The lowest BCUT2D eigenvalue weighted by atomic mass is 10.1. The normalized spacial score (nSPS) is 18.4. The SMILES string of the molecule is O[C@@H]1COCC[C@H]1Nc1nc(Oc2ccc(F)cc2F)nc2n[nH]c(-c3ccccc3Cl)c12. The van der Waals surface area contributed by atoms with Gasteiger partial charge in [0.2, 0.25) is 0 Å². The number of aliphatic hydroxyl groups is 1. The second-order valence-electron chi connectivity index (χ2n) is 7.49. The third-order valence-corrected chi connectivity index (χ3v) is 5.61. The maximum Gasteiger partial charge on any atom is 0.326 e. The Morgan fingerprint density at radius 2 is 2.03 bits per heavy atom. The van der Waals surface area contributed by atoms with E-state index in [2.05, 4.69) is 25.5 Å². The average molecular weight is 474 g/mol. The summed E-state index contributed by atoms with van der Waals surface area (Å²) in [4.78, 5) is 8.69. The molecule has 8 nitrogen and oxygen atoms in total. The molecule has 0 amide bonds. The first-order valence-electron chi connectivity index (χ1n) is 10.2. The predicted molar refractivity (Wildman–Crippen MR) is 117 cm³/mol. The number of hydrogen-bond acceptors (Lipinski definition) is 7. The summed E-state index contributed by atoms with van der Waals surface area (Å²) in [6, 6.07) is 9.56. The zero-order valence-corrected chi connectivity index (χ0v) is 17.8. The van der Waals surface area contributed by atoms with Crippen LogP contribution in [0, 0.1) is 11.6 Å². The lowest BCUT2D eigenvalue weighted by Crippen LogP contribution is -2.42. The van der Waals surface area contributed by atoms with Crippen molar-refractivity contribution in [2.75, 3.05) is 18.5 Å². The predicted octanol–water partition coefficient (Wildman–Crippen LogP) is 4.31. The van der Waals surface area contributed by atoms with Crippen molar-refractivity contribution < 1.29 is 23.4 Å². The van der Waals surface area contributed by atoms with Gasteiger partial charge in [-0.1, -0.05) is 29.8 Å². The van der Waals surface area contributed by atoms with E-state index in [0.717, 1.165) is 12.1 Å². The minimum Gasteiger partial charge on any atom is -0.421 e. The number of nitrogens with one attached hydrogen (secondary N) is 2. The van der Waals surface area contributed by atoms with Crippen molar-refractivity contribution in [2.45, 2.75) is 18.6 Å². The second-order valence-corrected chi connectivity index (χ2v) is 7.90. The molecule has 2 aromatic carbocycles. The van der Waals surface area contributed by atoms with Crippen molar-refractivity contribution in [3.63, 3.8) is 0 Å². The van der Waals surface area contributed by atoms with Crippen molar-refractivity contribution >= 4 is 28.5 Å². The quantitative estimate of drug-likeness (QED) is 0.396. The van der Waals surface area contributed by atoms with E-state index in [1.54, 1.807) is 6.07 Å². The van der Waals surface area contributed by atoms with Crippen LogP contribution < -0.4 is 10.1 Å². The molecule has 3 heterocycles. The average Bonchev–Trinajstić information content (AvgIpc) is 3.22. The molecule has 3 N–H and O–H groups in total. The summed E-state index contributed by atoms with van der Waals surface area (Å²) < 4.78 is 38.2. The van der Waals surface area contributed by atoms with Crippen LogP contribution in [0.15, 0.2) is 42.5 Å². The number of rotatable bonds is 5. The van der Waals surface area contributed by atoms with E-state index in [9.17, 15) is 13.9 Å². The molecule has 1 aliphatic heterocycles. The molecule has 1 fully saturated rings. The lowest BCUT2D eigenvalue weighted by molar-refractivity contribution is -0.0135. The molecule has 0 spiro atoms. The van der Waals surface area contributed by atoms with Crippen LogP contribution >= 0.6 is 11.6 Å². The number of benzene rings is 2. The Labute approximate surface area is 191 Å². The summed E-state index contributed by atoms with van der Waals surface area (Å²) >= 11 is 6.39. The molecule has 2 atom stereocenters. The Balaban J connectivity index is 1.61. The molecule has 1 aliphatic rings. The minimum absolute atomic E-state index is 0.179. The summed E-state index contributed by atoms with van der Waals surface area (Å²) in [6.45, 7) is 0.647. The highest BCUT2D eigenvalue weighted by Crippen LogP contribution is 2.36. The largest absolute Gasteiger partial charge is 0.421 e. The van der Waals surface area contributed by atoms with Crippen molar-refractivity contribution in [1.29, 1.82) is 0 Å². The fourth-order valence-electron chi connectivity index (χ4n) is 3.64. The molecule has 11 heteroatoms. The van der Waals surface area contributed by atoms with E-state index in [1.807, 2.05) is 18.2 Å². The summed E-state index contributed by atoms with van der Waals surface area (Å²) in [5.74, 6) is -1.56. The number of halogens is 3. The monoisotopic (exact) mass is 473 g/mol. The fraction of sp³-hybridized carbons (Fsp3) is 0.227. The van der Waals surface area contributed by atoms with Gasteiger partial charge in [0.05, 0.1) is 29.8 Å².